The molecule has 0 aliphatic heterocycles. The molecule has 0 radical (unpaired) electrons. The Balaban J connectivity index is 2.20. The second-order valence-corrected chi connectivity index (χ2v) is 4.83. The molecule has 1 heterocycles. The third-order valence-electron chi connectivity index (χ3n) is 2.07. The fourth-order valence-corrected chi connectivity index (χ4v) is 1.98. The van der Waals surface area contributed by atoms with Gasteiger partial charge in [0.15, 0.2) is 0 Å². The molecule has 80 valence electrons. The van der Waals surface area contributed by atoms with E-state index in [2.05, 4.69) is 24.1 Å². The number of rotatable bonds is 6. The lowest BCUT2D eigenvalue weighted by atomic mass is 10.2. The molecule has 0 aromatic carbocycles. The van der Waals surface area contributed by atoms with E-state index in [1.54, 1.807) is 11.3 Å². The molecule has 1 aromatic rings. The zero-order valence-electron chi connectivity index (χ0n) is 8.79. The molecule has 1 aromatic heterocycles. The molecule has 1 unspecified atom stereocenters. The Morgan fingerprint density at radius 2 is 2.43 bits per heavy atom. The SMILES string of the molecule is Cc1cnc(CNC(C)CCCO)s1. The standard InChI is InChI=1S/C10H18N2OS/c1-8(4-3-5-13)11-7-10-12-6-9(2)14-10/h6,8,11,13H,3-5,7H2,1-2H3. The van der Waals surface area contributed by atoms with Crippen LogP contribution in [0.4, 0.5) is 0 Å². The Hall–Kier alpha value is -0.450. The van der Waals surface area contributed by atoms with Gasteiger partial charge in [0, 0.05) is 30.3 Å². The van der Waals surface area contributed by atoms with Gasteiger partial charge in [0.1, 0.15) is 5.01 Å². The Morgan fingerprint density at radius 1 is 1.64 bits per heavy atom. The summed E-state index contributed by atoms with van der Waals surface area (Å²) in [6.07, 6.45) is 3.78. The van der Waals surface area contributed by atoms with Crippen LogP contribution in [0.5, 0.6) is 0 Å². The minimum atomic E-state index is 0.280. The van der Waals surface area contributed by atoms with Crippen molar-refractivity contribution < 1.29 is 5.11 Å². The maximum atomic E-state index is 8.67. The van der Waals surface area contributed by atoms with Gasteiger partial charge in [0.2, 0.25) is 0 Å². The van der Waals surface area contributed by atoms with Crippen LogP contribution in [0.2, 0.25) is 0 Å². The maximum Gasteiger partial charge on any atom is 0.107 e. The number of nitrogens with one attached hydrogen (secondary N) is 1. The van der Waals surface area contributed by atoms with Gasteiger partial charge in [0.25, 0.3) is 0 Å². The fraction of sp³-hybridized carbons (Fsp3) is 0.700. The molecule has 0 aliphatic rings. The Bertz CT molecular complexity index is 262. The molecule has 2 N–H and O–H groups in total. The van der Waals surface area contributed by atoms with Crippen LogP contribution < -0.4 is 5.32 Å². The van der Waals surface area contributed by atoms with Crippen molar-refractivity contribution in [1.82, 2.24) is 10.3 Å². The first-order valence-corrected chi connectivity index (χ1v) is 5.79. The third-order valence-corrected chi connectivity index (χ3v) is 2.98. The molecule has 0 saturated heterocycles. The molecule has 0 fully saturated rings. The summed E-state index contributed by atoms with van der Waals surface area (Å²) < 4.78 is 0. The average molecular weight is 214 g/mol. The zero-order chi connectivity index (χ0) is 10.4. The lowest BCUT2D eigenvalue weighted by Gasteiger charge is -2.11. The minimum absolute atomic E-state index is 0.280. The van der Waals surface area contributed by atoms with Gasteiger partial charge in [-0.3, -0.25) is 0 Å². The number of thiazole rings is 1. The van der Waals surface area contributed by atoms with Crippen LogP contribution in [0.3, 0.4) is 0 Å². The smallest absolute Gasteiger partial charge is 0.107 e. The number of aryl methyl sites for hydroxylation is 1. The Labute approximate surface area is 89.2 Å². The van der Waals surface area contributed by atoms with Gasteiger partial charge in [-0.2, -0.15) is 0 Å². The van der Waals surface area contributed by atoms with Crippen molar-refractivity contribution in [1.29, 1.82) is 0 Å². The van der Waals surface area contributed by atoms with Crippen molar-refractivity contribution in [2.45, 2.75) is 39.3 Å². The van der Waals surface area contributed by atoms with Crippen molar-refractivity contribution in [3.05, 3.63) is 16.1 Å². The molecular weight excluding hydrogens is 196 g/mol. The van der Waals surface area contributed by atoms with Crippen molar-refractivity contribution >= 4 is 11.3 Å². The molecule has 1 atom stereocenters. The van der Waals surface area contributed by atoms with E-state index in [4.69, 9.17) is 5.11 Å². The molecule has 14 heavy (non-hydrogen) atoms. The van der Waals surface area contributed by atoms with E-state index in [9.17, 15) is 0 Å². The first kappa shape index (κ1) is 11.6. The van der Waals surface area contributed by atoms with Crippen LogP contribution >= 0.6 is 11.3 Å². The summed E-state index contributed by atoms with van der Waals surface area (Å²) in [5.74, 6) is 0. The van der Waals surface area contributed by atoms with Crippen molar-refractivity contribution in [3.63, 3.8) is 0 Å². The lowest BCUT2D eigenvalue weighted by Crippen LogP contribution is -2.25. The van der Waals surface area contributed by atoms with E-state index in [0.29, 0.717) is 6.04 Å². The average Bonchev–Trinajstić information content (AvgIpc) is 2.58. The summed E-state index contributed by atoms with van der Waals surface area (Å²) in [5.41, 5.74) is 0. The topological polar surface area (TPSA) is 45.2 Å². The van der Waals surface area contributed by atoms with Crippen molar-refractivity contribution in [2.24, 2.45) is 0 Å². The first-order valence-electron chi connectivity index (χ1n) is 4.98. The summed E-state index contributed by atoms with van der Waals surface area (Å²) in [7, 11) is 0. The molecule has 0 saturated carbocycles. The Kier molecular flexibility index (Phi) is 5.07. The van der Waals surface area contributed by atoms with Crippen LogP contribution in [-0.4, -0.2) is 22.7 Å². The summed E-state index contributed by atoms with van der Waals surface area (Å²) in [5, 5.41) is 13.2. The van der Waals surface area contributed by atoms with Crippen LogP contribution in [0.15, 0.2) is 6.20 Å². The fourth-order valence-electron chi connectivity index (χ4n) is 1.24. The summed E-state index contributed by atoms with van der Waals surface area (Å²) in [4.78, 5) is 5.53. The van der Waals surface area contributed by atoms with Gasteiger partial charge >= 0.3 is 0 Å². The van der Waals surface area contributed by atoms with Crippen LogP contribution in [0.25, 0.3) is 0 Å². The second-order valence-electron chi connectivity index (χ2n) is 3.51. The minimum Gasteiger partial charge on any atom is -0.396 e. The van der Waals surface area contributed by atoms with E-state index in [-0.39, 0.29) is 6.61 Å². The second kappa shape index (κ2) is 6.11. The number of nitrogens with zero attached hydrogens (tertiary/aromatic N) is 1. The van der Waals surface area contributed by atoms with Crippen molar-refractivity contribution in [2.75, 3.05) is 6.61 Å². The van der Waals surface area contributed by atoms with Crippen LogP contribution in [-0.2, 0) is 6.54 Å². The summed E-state index contributed by atoms with van der Waals surface area (Å²) in [6, 6.07) is 0.450. The molecular formula is C10H18N2OS. The highest BCUT2D eigenvalue weighted by atomic mass is 32.1. The van der Waals surface area contributed by atoms with E-state index in [0.717, 1.165) is 24.4 Å². The van der Waals surface area contributed by atoms with Gasteiger partial charge in [0.05, 0.1) is 0 Å². The van der Waals surface area contributed by atoms with Crippen molar-refractivity contribution in [3.8, 4) is 0 Å². The Morgan fingerprint density at radius 3 is 3.00 bits per heavy atom. The molecule has 0 amide bonds. The number of aromatic nitrogens is 1. The maximum absolute atomic E-state index is 8.67. The molecule has 4 heteroatoms. The van der Waals surface area contributed by atoms with Gasteiger partial charge in [-0.1, -0.05) is 0 Å². The van der Waals surface area contributed by atoms with Gasteiger partial charge < -0.3 is 10.4 Å². The highest BCUT2D eigenvalue weighted by Gasteiger charge is 2.02. The van der Waals surface area contributed by atoms with Gasteiger partial charge in [-0.25, -0.2) is 4.98 Å². The third kappa shape index (κ3) is 4.17. The quantitative estimate of drug-likeness (QED) is 0.757. The van der Waals surface area contributed by atoms with E-state index < -0.39 is 0 Å². The summed E-state index contributed by atoms with van der Waals surface area (Å²) in [6.45, 7) is 5.32. The van der Waals surface area contributed by atoms with Crippen LogP contribution in [0.1, 0.15) is 29.7 Å². The number of hydrogen-bond donors (Lipinski definition) is 2. The predicted octanol–water partition coefficient (Wildman–Crippen LogP) is 1.70. The molecule has 0 spiro atoms. The monoisotopic (exact) mass is 214 g/mol. The number of aliphatic hydroxyl groups is 1. The normalized spacial score (nSPS) is 13.1. The summed E-state index contributed by atoms with van der Waals surface area (Å²) >= 11 is 1.73. The van der Waals surface area contributed by atoms with Gasteiger partial charge in [-0.15, -0.1) is 11.3 Å². The lowest BCUT2D eigenvalue weighted by molar-refractivity contribution is 0.276. The number of aliphatic hydroxyl groups excluding tert-OH is 1. The highest BCUT2D eigenvalue weighted by molar-refractivity contribution is 7.11. The van der Waals surface area contributed by atoms with Gasteiger partial charge in [-0.05, 0) is 26.7 Å². The largest absolute Gasteiger partial charge is 0.396 e. The van der Waals surface area contributed by atoms with E-state index >= 15 is 0 Å². The predicted molar refractivity (Wildman–Crippen MR) is 59.5 cm³/mol. The van der Waals surface area contributed by atoms with E-state index in [1.807, 2.05) is 6.20 Å². The number of hydrogen-bond acceptors (Lipinski definition) is 4. The molecule has 3 nitrogen and oxygen atoms in total. The zero-order valence-corrected chi connectivity index (χ0v) is 9.60. The highest BCUT2D eigenvalue weighted by Crippen LogP contribution is 2.10. The molecule has 0 aliphatic carbocycles. The van der Waals surface area contributed by atoms with E-state index in [1.165, 1.54) is 4.88 Å². The first-order chi connectivity index (χ1) is 6.72. The molecule has 0 bridgehead atoms. The molecule has 1 rings (SSSR count). The van der Waals surface area contributed by atoms with Crippen LogP contribution in [0, 0.1) is 6.92 Å².